The summed E-state index contributed by atoms with van der Waals surface area (Å²) in [6.45, 7) is 9.61. The van der Waals surface area contributed by atoms with Gasteiger partial charge >= 0.3 is 0 Å². The van der Waals surface area contributed by atoms with Gasteiger partial charge in [-0.05, 0) is 52.7 Å². The third kappa shape index (κ3) is 5.83. The third-order valence-corrected chi connectivity index (χ3v) is 4.74. The zero-order valence-corrected chi connectivity index (χ0v) is 14.2. The van der Waals surface area contributed by atoms with E-state index in [1.54, 1.807) is 7.11 Å². The molecule has 0 saturated carbocycles. The molecule has 0 aliphatic heterocycles. The Hall–Kier alpha value is 0.1000. The van der Waals surface area contributed by atoms with Crippen molar-refractivity contribution >= 4 is 27.3 Å². The van der Waals surface area contributed by atoms with Crippen molar-refractivity contribution in [3.8, 4) is 0 Å². The molecule has 0 aliphatic rings. The second kappa shape index (κ2) is 7.63. The first kappa shape index (κ1) is 16.2. The highest BCUT2D eigenvalue weighted by molar-refractivity contribution is 9.11. The Balaban J connectivity index is 2.34. The maximum atomic E-state index is 5.04. The van der Waals surface area contributed by atoms with Crippen LogP contribution in [0.3, 0.4) is 0 Å². The number of methoxy groups -OCH3 is 1. The molecule has 0 atom stereocenters. The average Bonchev–Trinajstić information content (AvgIpc) is 2.61. The minimum Gasteiger partial charge on any atom is -0.383 e. The second-order valence-electron chi connectivity index (χ2n) is 5.47. The third-order valence-electron chi connectivity index (χ3n) is 3.15. The van der Waals surface area contributed by atoms with Crippen LogP contribution >= 0.6 is 27.3 Å². The Labute approximate surface area is 123 Å². The molecule has 0 fully saturated rings. The van der Waals surface area contributed by atoms with Crippen molar-refractivity contribution in [2.45, 2.75) is 33.6 Å². The molecule has 0 bridgehead atoms. The fourth-order valence-electron chi connectivity index (χ4n) is 1.89. The summed E-state index contributed by atoms with van der Waals surface area (Å²) in [5.41, 5.74) is 1.81. The zero-order valence-electron chi connectivity index (χ0n) is 11.8. The number of hydrogen-bond acceptors (Lipinski definition) is 3. The highest BCUT2D eigenvalue weighted by Gasteiger charge is 2.18. The summed E-state index contributed by atoms with van der Waals surface area (Å²) in [7, 11) is 1.74. The maximum absolute atomic E-state index is 5.04. The van der Waals surface area contributed by atoms with Crippen molar-refractivity contribution in [3.05, 3.63) is 20.3 Å². The monoisotopic (exact) mass is 333 g/mol. The van der Waals surface area contributed by atoms with Gasteiger partial charge in [0.2, 0.25) is 0 Å². The van der Waals surface area contributed by atoms with E-state index in [1.165, 1.54) is 20.6 Å². The molecule has 0 aromatic carbocycles. The van der Waals surface area contributed by atoms with Gasteiger partial charge in [0.1, 0.15) is 0 Å². The molecule has 1 heterocycles. The van der Waals surface area contributed by atoms with Crippen LogP contribution in [-0.4, -0.2) is 26.8 Å². The molecule has 104 valence electrons. The minimum absolute atomic E-state index is 0.328. The summed E-state index contributed by atoms with van der Waals surface area (Å²) in [4.78, 5) is 1.44. The number of ether oxygens (including phenoxy) is 1. The highest BCUT2D eigenvalue weighted by Crippen LogP contribution is 2.30. The molecular formula is C14H24BrNOS. The van der Waals surface area contributed by atoms with Gasteiger partial charge in [-0.1, -0.05) is 13.8 Å². The number of hydrogen-bond donors (Lipinski definition) is 1. The molecule has 18 heavy (non-hydrogen) atoms. The molecule has 0 saturated heterocycles. The van der Waals surface area contributed by atoms with Crippen molar-refractivity contribution in [2.24, 2.45) is 5.41 Å². The van der Waals surface area contributed by atoms with Crippen LogP contribution in [0, 0.1) is 12.3 Å². The molecule has 1 rings (SSSR count). The van der Waals surface area contributed by atoms with Gasteiger partial charge in [0.05, 0.1) is 10.4 Å². The summed E-state index contributed by atoms with van der Waals surface area (Å²) in [5.74, 6) is 0. The fraction of sp³-hybridized carbons (Fsp3) is 0.714. The highest BCUT2D eigenvalue weighted by atomic mass is 79.9. The average molecular weight is 334 g/mol. The lowest BCUT2D eigenvalue weighted by Gasteiger charge is -2.25. The van der Waals surface area contributed by atoms with Crippen molar-refractivity contribution in [1.82, 2.24) is 5.32 Å². The van der Waals surface area contributed by atoms with Crippen LogP contribution in [-0.2, 0) is 11.2 Å². The predicted molar refractivity (Wildman–Crippen MR) is 83.6 cm³/mol. The molecule has 0 unspecified atom stereocenters. The first-order chi connectivity index (χ1) is 8.44. The van der Waals surface area contributed by atoms with Gasteiger partial charge in [-0.15, -0.1) is 11.3 Å². The van der Waals surface area contributed by atoms with E-state index in [0.717, 1.165) is 26.1 Å². The lowest BCUT2D eigenvalue weighted by molar-refractivity contribution is 0.193. The number of halogens is 1. The van der Waals surface area contributed by atoms with Gasteiger partial charge in [-0.2, -0.15) is 0 Å². The number of thiophene rings is 1. The topological polar surface area (TPSA) is 21.3 Å². The summed E-state index contributed by atoms with van der Waals surface area (Å²) >= 11 is 5.38. The van der Waals surface area contributed by atoms with Crippen LogP contribution in [0.25, 0.3) is 0 Å². The van der Waals surface area contributed by atoms with E-state index in [-0.39, 0.29) is 0 Å². The van der Waals surface area contributed by atoms with Crippen molar-refractivity contribution in [1.29, 1.82) is 0 Å². The van der Waals surface area contributed by atoms with Crippen LogP contribution < -0.4 is 5.32 Å². The van der Waals surface area contributed by atoms with E-state index < -0.39 is 0 Å². The summed E-state index contributed by atoms with van der Waals surface area (Å²) in [6, 6.07) is 2.26. The maximum Gasteiger partial charge on any atom is 0.0704 e. The van der Waals surface area contributed by atoms with Crippen molar-refractivity contribution in [2.75, 3.05) is 26.8 Å². The Bertz CT molecular complexity index is 363. The van der Waals surface area contributed by atoms with Crippen LogP contribution in [0.2, 0.25) is 0 Å². The Morgan fingerprint density at radius 2 is 2.17 bits per heavy atom. The van der Waals surface area contributed by atoms with E-state index in [2.05, 4.69) is 48.1 Å². The lowest BCUT2D eigenvalue weighted by Crippen LogP contribution is -2.31. The van der Waals surface area contributed by atoms with Gasteiger partial charge in [0, 0.05) is 25.1 Å². The standard InChI is InChI=1S/C14H24BrNOS/c1-11-12(9-13(15)18-11)5-6-14(2,3)10-16-7-8-17-4/h9,16H,5-8,10H2,1-4H3. The van der Waals surface area contributed by atoms with Crippen LogP contribution in [0.4, 0.5) is 0 Å². The van der Waals surface area contributed by atoms with Gasteiger partial charge < -0.3 is 10.1 Å². The Kier molecular flexibility index (Phi) is 6.85. The first-order valence-electron chi connectivity index (χ1n) is 6.39. The number of rotatable bonds is 8. The molecule has 0 radical (unpaired) electrons. The molecule has 0 spiro atoms. The molecule has 1 aromatic rings. The first-order valence-corrected chi connectivity index (χ1v) is 8.00. The minimum atomic E-state index is 0.328. The van der Waals surface area contributed by atoms with Crippen LogP contribution in [0.5, 0.6) is 0 Å². The molecule has 1 aromatic heterocycles. The van der Waals surface area contributed by atoms with Gasteiger partial charge in [0.25, 0.3) is 0 Å². The normalized spacial score (nSPS) is 12.1. The van der Waals surface area contributed by atoms with E-state index in [1.807, 2.05) is 11.3 Å². The van der Waals surface area contributed by atoms with Crippen LogP contribution in [0.1, 0.15) is 30.7 Å². The Morgan fingerprint density at radius 3 is 2.72 bits per heavy atom. The van der Waals surface area contributed by atoms with Crippen molar-refractivity contribution < 1.29 is 4.74 Å². The van der Waals surface area contributed by atoms with Gasteiger partial charge in [0.15, 0.2) is 0 Å². The van der Waals surface area contributed by atoms with Crippen molar-refractivity contribution in [3.63, 3.8) is 0 Å². The lowest BCUT2D eigenvalue weighted by atomic mass is 9.86. The molecule has 0 aliphatic carbocycles. The molecule has 2 nitrogen and oxygen atoms in total. The molecule has 1 N–H and O–H groups in total. The Morgan fingerprint density at radius 1 is 1.44 bits per heavy atom. The smallest absolute Gasteiger partial charge is 0.0704 e. The van der Waals surface area contributed by atoms with E-state index in [9.17, 15) is 0 Å². The van der Waals surface area contributed by atoms with Crippen LogP contribution in [0.15, 0.2) is 9.85 Å². The van der Waals surface area contributed by atoms with Gasteiger partial charge in [-0.25, -0.2) is 0 Å². The van der Waals surface area contributed by atoms with Gasteiger partial charge in [-0.3, -0.25) is 0 Å². The van der Waals surface area contributed by atoms with E-state index in [0.29, 0.717) is 5.41 Å². The van der Waals surface area contributed by atoms with E-state index >= 15 is 0 Å². The molecule has 0 amide bonds. The summed E-state index contributed by atoms with van der Waals surface area (Å²) in [6.07, 6.45) is 2.36. The SMILES string of the molecule is COCCNCC(C)(C)CCc1cc(Br)sc1C. The zero-order chi connectivity index (χ0) is 13.6. The van der Waals surface area contributed by atoms with E-state index in [4.69, 9.17) is 4.74 Å². The summed E-state index contributed by atoms with van der Waals surface area (Å²) in [5, 5.41) is 3.45. The molecule has 4 heteroatoms. The quantitative estimate of drug-likeness (QED) is 0.725. The number of aryl methyl sites for hydroxylation is 2. The largest absolute Gasteiger partial charge is 0.383 e. The fourth-order valence-corrected chi connectivity index (χ4v) is 3.68. The summed E-state index contributed by atoms with van der Waals surface area (Å²) < 4.78 is 6.28. The predicted octanol–water partition coefficient (Wildman–Crippen LogP) is 4.01. The second-order valence-corrected chi connectivity index (χ2v) is 8.10. The number of nitrogens with one attached hydrogen (secondary N) is 1. The molecular weight excluding hydrogens is 310 g/mol.